The quantitative estimate of drug-likeness (QED) is 0.617. The Bertz CT molecular complexity index is 1280. The Morgan fingerprint density at radius 3 is 2.65 bits per heavy atom. The lowest BCUT2D eigenvalue weighted by Gasteiger charge is -2.39. The number of amides is 1. The Balaban J connectivity index is 1.22. The summed E-state index contributed by atoms with van der Waals surface area (Å²) in [5.74, 6) is 0.308. The summed E-state index contributed by atoms with van der Waals surface area (Å²) in [5, 5.41) is 2.91. The highest BCUT2D eigenvalue weighted by molar-refractivity contribution is 5.92. The lowest BCUT2D eigenvalue weighted by atomic mass is 10.1. The zero-order valence-corrected chi connectivity index (χ0v) is 19.5. The largest absolute Gasteiger partial charge is 0.368 e. The molecule has 0 radical (unpaired) electrons. The highest BCUT2D eigenvalue weighted by Crippen LogP contribution is 2.36. The third kappa shape index (κ3) is 4.27. The van der Waals surface area contributed by atoms with E-state index in [9.17, 15) is 14.0 Å². The van der Waals surface area contributed by atoms with E-state index in [0.717, 1.165) is 56.8 Å². The van der Waals surface area contributed by atoms with Crippen LogP contribution < -0.4 is 15.8 Å². The van der Waals surface area contributed by atoms with E-state index in [0.29, 0.717) is 28.5 Å². The molecule has 2 aromatic heterocycles. The number of aryl methyl sites for hydroxylation is 1. The molecule has 0 unspecified atom stereocenters. The summed E-state index contributed by atoms with van der Waals surface area (Å²) < 4.78 is 13.5. The number of rotatable bonds is 4. The molecular weight excluding hydrogens is 435 g/mol. The number of nitrogens with one attached hydrogen (secondary N) is 2. The molecule has 5 rings (SSSR count). The van der Waals surface area contributed by atoms with Crippen LogP contribution >= 0.6 is 0 Å². The second-order valence-corrected chi connectivity index (χ2v) is 9.18. The van der Waals surface area contributed by atoms with Crippen molar-refractivity contribution < 1.29 is 9.18 Å². The molecule has 1 aliphatic heterocycles. The van der Waals surface area contributed by atoms with Gasteiger partial charge in [0, 0.05) is 45.2 Å². The number of halogens is 1. The molecule has 34 heavy (non-hydrogen) atoms. The van der Waals surface area contributed by atoms with Gasteiger partial charge < -0.3 is 15.2 Å². The van der Waals surface area contributed by atoms with Crippen LogP contribution in [0.4, 0.5) is 10.1 Å². The number of carbonyl (C=O) groups excluding carboxylic acids is 1. The third-order valence-electron chi connectivity index (χ3n) is 7.17. The number of H-pyrrole nitrogens is 1. The standard InChI is InChI=1S/C25H29FN6O2/c1-15-22(8-7-21(28-15)25(34)27-2)32-11-9-31(10-12-32)18-5-3-16(13-18)23-29-20-6-4-17(26)14-19(20)24(33)30-23/h4,6-8,14,16,18H,3,5,9-13H2,1-2H3,(H,27,34)(H,29,30,33)/t16-,18-/m1/s1. The summed E-state index contributed by atoms with van der Waals surface area (Å²) in [6.45, 7) is 5.66. The van der Waals surface area contributed by atoms with Crippen LogP contribution in [0.1, 0.15) is 47.2 Å². The maximum Gasteiger partial charge on any atom is 0.269 e. The molecule has 3 heterocycles. The van der Waals surface area contributed by atoms with Crippen LogP contribution in [0.15, 0.2) is 35.1 Å². The molecule has 0 spiro atoms. The number of fused-ring (bicyclic) bond motifs is 1. The van der Waals surface area contributed by atoms with Crippen molar-refractivity contribution in [3.8, 4) is 0 Å². The van der Waals surface area contributed by atoms with Crippen molar-refractivity contribution in [1.29, 1.82) is 0 Å². The topological polar surface area (TPSA) is 94.2 Å². The summed E-state index contributed by atoms with van der Waals surface area (Å²) in [5.41, 5.74) is 2.64. The van der Waals surface area contributed by atoms with Gasteiger partial charge in [-0.1, -0.05) is 0 Å². The first-order valence-corrected chi connectivity index (χ1v) is 11.8. The average molecular weight is 465 g/mol. The summed E-state index contributed by atoms with van der Waals surface area (Å²) in [6, 6.07) is 8.39. The lowest BCUT2D eigenvalue weighted by molar-refractivity contribution is 0.0958. The normalized spacial score (nSPS) is 21.2. The van der Waals surface area contributed by atoms with Crippen LogP contribution in [0, 0.1) is 12.7 Å². The first kappa shape index (κ1) is 22.5. The van der Waals surface area contributed by atoms with Crippen molar-refractivity contribution >= 4 is 22.5 Å². The van der Waals surface area contributed by atoms with Gasteiger partial charge >= 0.3 is 0 Å². The van der Waals surface area contributed by atoms with Gasteiger partial charge in [0.25, 0.3) is 11.5 Å². The fourth-order valence-electron chi connectivity index (χ4n) is 5.33. The zero-order valence-electron chi connectivity index (χ0n) is 19.5. The molecule has 0 bridgehead atoms. The van der Waals surface area contributed by atoms with Gasteiger partial charge in [-0.15, -0.1) is 0 Å². The summed E-state index contributed by atoms with van der Waals surface area (Å²) in [6.07, 6.45) is 3.00. The SMILES string of the molecule is CNC(=O)c1ccc(N2CCN([C@@H]3CC[C@@H](c4nc5ccc(F)cc5c(=O)[nH]4)C3)CC2)c(C)n1. The zero-order chi connectivity index (χ0) is 23.8. The van der Waals surface area contributed by atoms with Crippen LogP contribution in [0.3, 0.4) is 0 Å². The smallest absolute Gasteiger partial charge is 0.269 e. The predicted octanol–water partition coefficient (Wildman–Crippen LogP) is 2.58. The molecule has 1 aliphatic carbocycles. The Kier molecular flexibility index (Phi) is 6.03. The van der Waals surface area contributed by atoms with E-state index < -0.39 is 5.82 Å². The minimum atomic E-state index is -0.430. The fraction of sp³-hybridized carbons (Fsp3) is 0.440. The van der Waals surface area contributed by atoms with Gasteiger partial charge in [0.1, 0.15) is 17.3 Å². The van der Waals surface area contributed by atoms with Crippen LogP contribution in [0.25, 0.3) is 10.9 Å². The monoisotopic (exact) mass is 464 g/mol. The first-order chi connectivity index (χ1) is 16.4. The number of nitrogens with zero attached hydrogens (tertiary/aromatic N) is 4. The Hall–Kier alpha value is -3.33. The Morgan fingerprint density at radius 1 is 1.12 bits per heavy atom. The summed E-state index contributed by atoms with van der Waals surface area (Å²) in [4.78, 5) is 41.2. The van der Waals surface area contributed by atoms with E-state index in [1.54, 1.807) is 19.2 Å². The number of aromatic amines is 1. The van der Waals surface area contributed by atoms with Crippen LogP contribution in [-0.4, -0.2) is 65.0 Å². The van der Waals surface area contributed by atoms with Crippen molar-refractivity contribution in [1.82, 2.24) is 25.2 Å². The highest BCUT2D eigenvalue weighted by atomic mass is 19.1. The molecule has 2 fully saturated rings. The first-order valence-electron chi connectivity index (χ1n) is 11.8. The van der Waals surface area contributed by atoms with E-state index in [1.807, 2.05) is 13.0 Å². The van der Waals surface area contributed by atoms with E-state index >= 15 is 0 Å². The van der Waals surface area contributed by atoms with E-state index in [4.69, 9.17) is 0 Å². The minimum Gasteiger partial charge on any atom is -0.368 e. The molecule has 1 amide bonds. The average Bonchev–Trinajstić information content (AvgIpc) is 3.34. The van der Waals surface area contributed by atoms with Gasteiger partial charge in [0.15, 0.2) is 0 Å². The van der Waals surface area contributed by atoms with Crippen molar-refractivity contribution in [3.05, 3.63) is 63.7 Å². The second kappa shape index (κ2) is 9.13. The molecule has 9 heteroatoms. The molecule has 1 saturated carbocycles. The van der Waals surface area contributed by atoms with Gasteiger partial charge in [-0.3, -0.25) is 14.5 Å². The second-order valence-electron chi connectivity index (χ2n) is 9.18. The predicted molar refractivity (Wildman–Crippen MR) is 129 cm³/mol. The van der Waals surface area contributed by atoms with Crippen molar-refractivity contribution in [2.75, 3.05) is 38.1 Å². The van der Waals surface area contributed by atoms with Crippen molar-refractivity contribution in [2.24, 2.45) is 0 Å². The van der Waals surface area contributed by atoms with Crippen molar-refractivity contribution in [3.63, 3.8) is 0 Å². The molecule has 178 valence electrons. The Labute approximate surface area is 197 Å². The number of pyridine rings is 1. The van der Waals surface area contributed by atoms with Gasteiger partial charge in [-0.2, -0.15) is 0 Å². The maximum atomic E-state index is 13.5. The number of hydrogen-bond acceptors (Lipinski definition) is 6. The minimum absolute atomic E-state index is 0.176. The molecule has 2 aliphatic rings. The third-order valence-corrected chi connectivity index (χ3v) is 7.17. The Morgan fingerprint density at radius 2 is 1.91 bits per heavy atom. The van der Waals surface area contributed by atoms with Crippen LogP contribution in [0.2, 0.25) is 0 Å². The van der Waals surface area contributed by atoms with Crippen LogP contribution in [-0.2, 0) is 0 Å². The van der Waals surface area contributed by atoms with Gasteiger partial charge in [-0.25, -0.2) is 14.4 Å². The number of benzene rings is 1. The van der Waals surface area contributed by atoms with Gasteiger partial charge in [-0.05, 0) is 56.5 Å². The molecule has 2 atom stereocenters. The molecule has 1 aromatic carbocycles. The molecular formula is C25H29FN6O2. The number of anilines is 1. The molecule has 8 nitrogen and oxygen atoms in total. The van der Waals surface area contributed by atoms with Crippen LogP contribution in [0.5, 0.6) is 0 Å². The van der Waals surface area contributed by atoms with Crippen molar-refractivity contribution in [2.45, 2.75) is 38.1 Å². The van der Waals surface area contributed by atoms with E-state index in [-0.39, 0.29) is 17.4 Å². The number of carbonyl (C=O) groups is 1. The number of aromatic nitrogens is 3. The summed E-state index contributed by atoms with van der Waals surface area (Å²) >= 11 is 0. The van der Waals surface area contributed by atoms with Gasteiger partial charge in [0.2, 0.25) is 0 Å². The molecule has 2 N–H and O–H groups in total. The molecule has 3 aromatic rings. The lowest BCUT2D eigenvalue weighted by Crippen LogP contribution is -2.50. The number of piperazine rings is 1. The fourth-order valence-corrected chi connectivity index (χ4v) is 5.33. The molecule has 1 saturated heterocycles. The number of hydrogen-bond donors (Lipinski definition) is 2. The van der Waals surface area contributed by atoms with E-state index in [2.05, 4.69) is 30.1 Å². The highest BCUT2D eigenvalue weighted by Gasteiger charge is 2.33. The maximum absolute atomic E-state index is 13.5. The van der Waals surface area contributed by atoms with Gasteiger partial charge in [0.05, 0.1) is 22.3 Å². The van der Waals surface area contributed by atoms with E-state index in [1.165, 1.54) is 12.1 Å². The summed E-state index contributed by atoms with van der Waals surface area (Å²) in [7, 11) is 1.61.